The van der Waals surface area contributed by atoms with Gasteiger partial charge in [0.15, 0.2) is 0 Å². The summed E-state index contributed by atoms with van der Waals surface area (Å²) in [6.45, 7) is 4.70. The Bertz CT molecular complexity index is 376. The Balaban J connectivity index is 2.07. The fourth-order valence-corrected chi connectivity index (χ4v) is 3.04. The van der Waals surface area contributed by atoms with Gasteiger partial charge in [-0.25, -0.2) is 0 Å². The van der Waals surface area contributed by atoms with E-state index in [-0.39, 0.29) is 6.04 Å². The van der Waals surface area contributed by atoms with Gasteiger partial charge in [-0.1, -0.05) is 43.6 Å². The van der Waals surface area contributed by atoms with E-state index >= 15 is 0 Å². The molecule has 1 aromatic rings. The third-order valence-corrected chi connectivity index (χ3v) is 4.50. The Morgan fingerprint density at radius 2 is 1.82 bits per heavy atom. The predicted molar refractivity (Wildman–Crippen MR) is 74.1 cm³/mol. The number of rotatable bonds is 2. The van der Waals surface area contributed by atoms with Crippen LogP contribution in [0.1, 0.15) is 51.1 Å². The molecule has 0 saturated heterocycles. The molecular weight excluding hydrogens is 230 g/mol. The van der Waals surface area contributed by atoms with Gasteiger partial charge in [-0.2, -0.15) is 0 Å². The number of nitrogens with two attached hydrogens (primary N) is 1. The van der Waals surface area contributed by atoms with Crippen molar-refractivity contribution in [3.05, 3.63) is 34.9 Å². The topological polar surface area (TPSA) is 26.0 Å². The van der Waals surface area contributed by atoms with E-state index in [1.54, 1.807) is 0 Å². The third kappa shape index (κ3) is 3.02. The van der Waals surface area contributed by atoms with E-state index in [0.717, 1.165) is 10.6 Å². The molecule has 1 unspecified atom stereocenters. The lowest BCUT2D eigenvalue weighted by atomic mass is 9.70. The van der Waals surface area contributed by atoms with Gasteiger partial charge in [-0.3, -0.25) is 0 Å². The molecule has 94 valence electrons. The van der Waals surface area contributed by atoms with Crippen molar-refractivity contribution in [1.29, 1.82) is 0 Å². The van der Waals surface area contributed by atoms with E-state index in [2.05, 4.69) is 19.9 Å². The highest BCUT2D eigenvalue weighted by atomic mass is 35.5. The molecule has 1 aliphatic rings. The van der Waals surface area contributed by atoms with Crippen molar-refractivity contribution >= 4 is 11.6 Å². The smallest absolute Gasteiger partial charge is 0.0453 e. The molecule has 2 rings (SSSR count). The van der Waals surface area contributed by atoms with Crippen LogP contribution in [0.5, 0.6) is 0 Å². The highest BCUT2D eigenvalue weighted by molar-refractivity contribution is 6.31. The summed E-state index contributed by atoms with van der Waals surface area (Å²) in [6.07, 6.45) is 4.99. The Kier molecular flexibility index (Phi) is 3.79. The van der Waals surface area contributed by atoms with Gasteiger partial charge in [0.25, 0.3) is 0 Å². The molecule has 0 bridgehead atoms. The minimum Gasteiger partial charge on any atom is -0.324 e. The molecule has 1 saturated carbocycles. The first kappa shape index (κ1) is 12.9. The van der Waals surface area contributed by atoms with Crippen LogP contribution in [0.15, 0.2) is 24.3 Å². The molecule has 1 nitrogen and oxygen atoms in total. The molecular formula is C15H22ClN. The van der Waals surface area contributed by atoms with Crippen molar-refractivity contribution in [1.82, 2.24) is 0 Å². The first-order valence-electron chi connectivity index (χ1n) is 6.50. The third-order valence-electron chi connectivity index (χ3n) is 4.16. The quantitative estimate of drug-likeness (QED) is 0.820. The Morgan fingerprint density at radius 3 is 2.41 bits per heavy atom. The molecule has 0 aliphatic heterocycles. The molecule has 0 amide bonds. The summed E-state index contributed by atoms with van der Waals surface area (Å²) in [5.74, 6) is 0.586. The van der Waals surface area contributed by atoms with Gasteiger partial charge < -0.3 is 5.73 Å². The highest BCUT2D eigenvalue weighted by Gasteiger charge is 2.30. The zero-order valence-electron chi connectivity index (χ0n) is 10.7. The number of hydrogen-bond acceptors (Lipinski definition) is 1. The number of benzene rings is 1. The largest absolute Gasteiger partial charge is 0.324 e. The molecule has 1 aromatic carbocycles. The summed E-state index contributed by atoms with van der Waals surface area (Å²) in [7, 11) is 0. The maximum atomic E-state index is 6.37. The summed E-state index contributed by atoms with van der Waals surface area (Å²) in [4.78, 5) is 0. The van der Waals surface area contributed by atoms with Gasteiger partial charge in [-0.15, -0.1) is 0 Å². The molecule has 0 aromatic heterocycles. The lowest BCUT2D eigenvalue weighted by Gasteiger charge is -2.37. The van der Waals surface area contributed by atoms with Gasteiger partial charge in [0.05, 0.1) is 0 Å². The first-order valence-corrected chi connectivity index (χ1v) is 6.87. The second-order valence-corrected chi connectivity index (χ2v) is 6.46. The molecule has 0 spiro atoms. The van der Waals surface area contributed by atoms with Crippen LogP contribution in [0.3, 0.4) is 0 Å². The monoisotopic (exact) mass is 251 g/mol. The second kappa shape index (κ2) is 4.99. The van der Waals surface area contributed by atoms with Gasteiger partial charge in [-0.05, 0) is 48.6 Å². The minimum atomic E-state index is 0.0970. The van der Waals surface area contributed by atoms with E-state index in [9.17, 15) is 0 Å². The van der Waals surface area contributed by atoms with Crippen molar-refractivity contribution in [2.45, 2.75) is 45.6 Å². The van der Waals surface area contributed by atoms with E-state index in [4.69, 9.17) is 17.3 Å². The maximum Gasteiger partial charge on any atom is 0.0453 e. The van der Waals surface area contributed by atoms with Crippen molar-refractivity contribution in [3.63, 3.8) is 0 Å². The summed E-state index contributed by atoms with van der Waals surface area (Å²) in [5, 5.41) is 0.810. The van der Waals surface area contributed by atoms with Crippen LogP contribution < -0.4 is 5.73 Å². The molecule has 1 atom stereocenters. The maximum absolute atomic E-state index is 6.37. The molecule has 0 heterocycles. The summed E-state index contributed by atoms with van der Waals surface area (Å²) in [6, 6.07) is 8.08. The molecule has 2 heteroatoms. The summed E-state index contributed by atoms with van der Waals surface area (Å²) < 4.78 is 0. The van der Waals surface area contributed by atoms with Gasteiger partial charge in [0, 0.05) is 11.1 Å². The molecule has 1 fully saturated rings. The lowest BCUT2D eigenvalue weighted by molar-refractivity contribution is 0.173. The van der Waals surface area contributed by atoms with Crippen molar-refractivity contribution in [3.8, 4) is 0 Å². The molecule has 1 aliphatic carbocycles. The molecule has 2 N–H and O–H groups in total. The fourth-order valence-electron chi connectivity index (χ4n) is 2.78. The Morgan fingerprint density at radius 1 is 1.24 bits per heavy atom. The van der Waals surface area contributed by atoms with Crippen molar-refractivity contribution in [2.24, 2.45) is 17.1 Å². The highest BCUT2D eigenvalue weighted by Crippen LogP contribution is 2.42. The summed E-state index contributed by atoms with van der Waals surface area (Å²) >= 11 is 6.21. The molecule has 17 heavy (non-hydrogen) atoms. The number of halogens is 1. The molecule has 0 radical (unpaired) electrons. The second-order valence-electron chi connectivity index (χ2n) is 6.05. The predicted octanol–water partition coefficient (Wildman–Crippen LogP) is 4.56. The Hall–Kier alpha value is -0.530. The van der Waals surface area contributed by atoms with Gasteiger partial charge in [0.1, 0.15) is 0 Å². The normalized spacial score (nSPS) is 22.4. The van der Waals surface area contributed by atoms with Crippen molar-refractivity contribution < 1.29 is 0 Å². The average molecular weight is 252 g/mol. The van der Waals surface area contributed by atoms with Crippen molar-refractivity contribution in [2.75, 3.05) is 0 Å². The van der Waals surface area contributed by atoms with Crippen LogP contribution in [0.4, 0.5) is 0 Å². The van der Waals surface area contributed by atoms with Crippen LogP contribution in [0, 0.1) is 11.3 Å². The van der Waals surface area contributed by atoms with Gasteiger partial charge in [0.2, 0.25) is 0 Å². The standard InChI is InChI=1S/C15H22ClN/c1-15(2)9-7-11(8-10-15)14(17)12-5-3-4-6-13(12)16/h3-6,11,14H,7-10,17H2,1-2H3. The van der Waals surface area contributed by atoms with E-state index in [0.29, 0.717) is 11.3 Å². The van der Waals surface area contributed by atoms with E-state index in [1.165, 1.54) is 25.7 Å². The zero-order valence-corrected chi connectivity index (χ0v) is 11.5. The Labute approximate surface area is 109 Å². The lowest BCUT2D eigenvalue weighted by Crippen LogP contribution is -2.29. The van der Waals surface area contributed by atoms with E-state index < -0.39 is 0 Å². The SMILES string of the molecule is CC1(C)CCC(C(N)c2ccccc2Cl)CC1. The summed E-state index contributed by atoms with van der Waals surface area (Å²) in [5.41, 5.74) is 7.98. The fraction of sp³-hybridized carbons (Fsp3) is 0.600. The van der Waals surface area contributed by atoms with Crippen LogP contribution in [-0.4, -0.2) is 0 Å². The minimum absolute atomic E-state index is 0.0970. The van der Waals surface area contributed by atoms with Crippen LogP contribution >= 0.6 is 11.6 Å². The average Bonchev–Trinajstić information content (AvgIpc) is 2.29. The first-order chi connectivity index (χ1) is 7.99. The van der Waals surface area contributed by atoms with Crippen LogP contribution in [-0.2, 0) is 0 Å². The van der Waals surface area contributed by atoms with E-state index in [1.807, 2.05) is 18.2 Å². The van der Waals surface area contributed by atoms with Gasteiger partial charge >= 0.3 is 0 Å². The van der Waals surface area contributed by atoms with Crippen LogP contribution in [0.25, 0.3) is 0 Å². The zero-order chi connectivity index (χ0) is 12.5. The number of hydrogen-bond donors (Lipinski definition) is 1. The van der Waals surface area contributed by atoms with Crippen LogP contribution in [0.2, 0.25) is 5.02 Å².